The Morgan fingerprint density at radius 3 is 2.72 bits per heavy atom. The van der Waals surface area contributed by atoms with E-state index < -0.39 is 0 Å². The van der Waals surface area contributed by atoms with Gasteiger partial charge in [-0.3, -0.25) is 0 Å². The number of nitrogens with one attached hydrogen (secondary N) is 2. The lowest BCUT2D eigenvalue weighted by Gasteiger charge is -2.10. The molecule has 7 heteroatoms. The number of benzene rings is 3. The van der Waals surface area contributed by atoms with E-state index in [-0.39, 0.29) is 0 Å². The summed E-state index contributed by atoms with van der Waals surface area (Å²) in [6.07, 6.45) is 1.73. The Morgan fingerprint density at radius 2 is 1.83 bits per heavy atom. The molecule has 0 saturated carbocycles. The van der Waals surface area contributed by atoms with Gasteiger partial charge in [0.1, 0.15) is 11.3 Å². The second-order valence-corrected chi connectivity index (χ2v) is 6.50. The predicted molar refractivity (Wildman–Crippen MR) is 116 cm³/mol. The molecule has 0 fully saturated rings. The summed E-state index contributed by atoms with van der Waals surface area (Å²) in [7, 11) is 0. The van der Waals surface area contributed by atoms with Crippen molar-refractivity contribution >= 4 is 45.0 Å². The lowest BCUT2D eigenvalue weighted by Crippen LogP contribution is -2.01. The van der Waals surface area contributed by atoms with E-state index in [4.69, 9.17) is 4.74 Å². The zero-order valence-electron chi connectivity index (χ0n) is 15.8. The quantitative estimate of drug-likeness (QED) is 0.345. The van der Waals surface area contributed by atoms with Crippen LogP contribution in [-0.2, 0) is 0 Å². The van der Waals surface area contributed by atoms with Gasteiger partial charge in [0.2, 0.25) is 0 Å². The van der Waals surface area contributed by atoms with Gasteiger partial charge in [-0.1, -0.05) is 48.5 Å². The molecule has 0 saturated heterocycles. The summed E-state index contributed by atoms with van der Waals surface area (Å²) in [4.78, 5) is 7.73. The average molecular weight is 382 g/mol. The zero-order valence-corrected chi connectivity index (χ0v) is 15.8. The second kappa shape index (κ2) is 7.20. The van der Waals surface area contributed by atoms with Crippen LogP contribution in [0.2, 0.25) is 0 Å². The number of H-pyrrole nitrogens is 1. The molecule has 0 atom stereocenters. The number of para-hydroxylation sites is 1. The van der Waals surface area contributed by atoms with Gasteiger partial charge in [-0.05, 0) is 29.8 Å². The minimum Gasteiger partial charge on any atom is -0.493 e. The molecule has 0 amide bonds. The fourth-order valence-electron chi connectivity index (χ4n) is 3.41. The molecule has 2 heterocycles. The third kappa shape index (κ3) is 3.12. The molecular weight excluding hydrogens is 364 g/mol. The number of fused-ring (bicyclic) bond motifs is 4. The van der Waals surface area contributed by atoms with E-state index in [1.165, 1.54) is 0 Å². The van der Waals surface area contributed by atoms with Gasteiger partial charge in [0.25, 0.3) is 5.95 Å². The Kier molecular flexibility index (Phi) is 4.25. The van der Waals surface area contributed by atoms with Crippen LogP contribution in [-0.4, -0.2) is 33.0 Å². The van der Waals surface area contributed by atoms with Crippen LogP contribution in [0, 0.1) is 0 Å². The molecule has 2 N–H and O–H groups in total. The topological polar surface area (TPSA) is 88.1 Å². The van der Waals surface area contributed by atoms with E-state index in [9.17, 15) is 0 Å². The Hall–Kier alpha value is -4.00. The molecule has 0 aliphatic rings. The maximum absolute atomic E-state index is 5.77. The van der Waals surface area contributed by atoms with Gasteiger partial charge in [0.05, 0.1) is 12.8 Å². The van der Waals surface area contributed by atoms with E-state index >= 15 is 0 Å². The van der Waals surface area contributed by atoms with Crippen molar-refractivity contribution in [3.8, 4) is 5.75 Å². The van der Waals surface area contributed by atoms with E-state index in [1.54, 1.807) is 6.21 Å². The summed E-state index contributed by atoms with van der Waals surface area (Å²) in [6, 6.07) is 20.0. The normalized spacial score (nSPS) is 11.6. The molecule has 3 aromatic carbocycles. The van der Waals surface area contributed by atoms with Crippen molar-refractivity contribution in [2.24, 2.45) is 5.10 Å². The van der Waals surface area contributed by atoms with Gasteiger partial charge in [-0.25, -0.2) is 5.43 Å². The van der Waals surface area contributed by atoms with Crippen molar-refractivity contribution in [2.45, 2.75) is 6.92 Å². The molecule has 0 aliphatic heterocycles. The molecule has 0 aliphatic carbocycles. The second-order valence-electron chi connectivity index (χ2n) is 6.50. The average Bonchev–Trinajstić information content (AvgIpc) is 3.13. The first kappa shape index (κ1) is 17.1. The van der Waals surface area contributed by atoms with Crippen LogP contribution in [0.1, 0.15) is 12.5 Å². The monoisotopic (exact) mass is 382 g/mol. The molecule has 0 bridgehead atoms. The number of hydrogen-bond acceptors (Lipinski definition) is 6. The summed E-state index contributed by atoms with van der Waals surface area (Å²) in [5.41, 5.74) is 6.15. The van der Waals surface area contributed by atoms with Gasteiger partial charge in [-0.2, -0.15) is 10.1 Å². The maximum atomic E-state index is 5.77. The molecule has 7 nitrogen and oxygen atoms in total. The third-order valence-corrected chi connectivity index (χ3v) is 4.71. The zero-order chi connectivity index (χ0) is 19.6. The van der Waals surface area contributed by atoms with Crippen LogP contribution in [0.4, 0.5) is 5.95 Å². The number of aromatic amines is 1. The fraction of sp³-hybridized carbons (Fsp3) is 0.0909. The first-order valence-electron chi connectivity index (χ1n) is 9.38. The van der Waals surface area contributed by atoms with E-state index in [0.717, 1.165) is 38.5 Å². The first-order chi connectivity index (χ1) is 14.3. The lowest BCUT2D eigenvalue weighted by atomic mass is 10.0. The van der Waals surface area contributed by atoms with Crippen LogP contribution in [0.15, 0.2) is 65.8 Å². The standard InChI is InChI=1S/C22H18N6O/c1-2-29-19-12-11-14-7-3-4-8-15(14)17(19)13-23-27-22-25-21-20(26-28-22)16-9-5-6-10-18(16)24-21/h3-13H,2H2,1H3,(H2,24,25,27,28)/b23-13-. The number of rotatable bonds is 5. The number of aromatic nitrogens is 4. The van der Waals surface area contributed by atoms with Crippen LogP contribution in [0.25, 0.3) is 32.8 Å². The molecule has 2 aromatic heterocycles. The van der Waals surface area contributed by atoms with Crippen molar-refractivity contribution in [2.75, 3.05) is 12.0 Å². The highest BCUT2D eigenvalue weighted by molar-refractivity contribution is 6.04. The minimum atomic E-state index is 0.318. The SMILES string of the molecule is CCOc1ccc2ccccc2c1/C=N\Nc1nnc2c(n1)[nH]c1ccccc12. The van der Waals surface area contributed by atoms with Gasteiger partial charge >= 0.3 is 0 Å². The molecular formula is C22H18N6O. The van der Waals surface area contributed by atoms with Crippen LogP contribution >= 0.6 is 0 Å². The number of anilines is 1. The lowest BCUT2D eigenvalue weighted by molar-refractivity contribution is 0.340. The summed E-state index contributed by atoms with van der Waals surface area (Å²) in [5.74, 6) is 1.10. The molecule has 5 rings (SSSR count). The van der Waals surface area contributed by atoms with Crippen molar-refractivity contribution < 1.29 is 4.74 Å². The minimum absolute atomic E-state index is 0.318. The summed E-state index contributed by atoms with van der Waals surface area (Å²) in [6.45, 7) is 2.54. The Labute approximate surface area is 166 Å². The van der Waals surface area contributed by atoms with Crippen LogP contribution < -0.4 is 10.2 Å². The summed E-state index contributed by atoms with van der Waals surface area (Å²) >= 11 is 0. The van der Waals surface area contributed by atoms with Gasteiger partial charge in [0.15, 0.2) is 5.65 Å². The Morgan fingerprint density at radius 1 is 1.00 bits per heavy atom. The number of hydrazone groups is 1. The first-order valence-corrected chi connectivity index (χ1v) is 9.38. The van der Waals surface area contributed by atoms with Crippen molar-refractivity contribution in [1.29, 1.82) is 0 Å². The number of nitrogens with zero attached hydrogens (tertiary/aromatic N) is 4. The smallest absolute Gasteiger partial charge is 0.265 e. The molecule has 0 spiro atoms. The van der Waals surface area contributed by atoms with Crippen LogP contribution in [0.3, 0.4) is 0 Å². The van der Waals surface area contributed by atoms with Crippen molar-refractivity contribution in [3.05, 3.63) is 66.2 Å². The third-order valence-electron chi connectivity index (χ3n) is 4.71. The fourth-order valence-corrected chi connectivity index (χ4v) is 3.41. The Balaban J connectivity index is 1.48. The van der Waals surface area contributed by atoms with Gasteiger partial charge in [-0.15, -0.1) is 10.2 Å². The summed E-state index contributed by atoms with van der Waals surface area (Å²) in [5, 5.41) is 15.9. The molecule has 0 unspecified atom stereocenters. The molecule has 142 valence electrons. The Bertz CT molecular complexity index is 1360. The highest BCUT2D eigenvalue weighted by Crippen LogP contribution is 2.27. The number of hydrogen-bond donors (Lipinski definition) is 2. The van der Waals surface area contributed by atoms with Gasteiger partial charge < -0.3 is 9.72 Å². The maximum Gasteiger partial charge on any atom is 0.265 e. The molecule has 29 heavy (non-hydrogen) atoms. The highest BCUT2D eigenvalue weighted by Gasteiger charge is 2.09. The summed E-state index contributed by atoms with van der Waals surface area (Å²) < 4.78 is 5.77. The highest BCUT2D eigenvalue weighted by atomic mass is 16.5. The van der Waals surface area contributed by atoms with E-state index in [1.807, 2.05) is 61.5 Å². The number of ether oxygens (including phenoxy) is 1. The van der Waals surface area contributed by atoms with Crippen LogP contribution in [0.5, 0.6) is 5.75 Å². The van der Waals surface area contributed by atoms with Gasteiger partial charge in [0, 0.05) is 16.5 Å². The largest absolute Gasteiger partial charge is 0.493 e. The molecule has 0 radical (unpaired) electrons. The van der Waals surface area contributed by atoms with E-state index in [2.05, 4.69) is 36.8 Å². The van der Waals surface area contributed by atoms with Crippen molar-refractivity contribution in [1.82, 2.24) is 20.2 Å². The van der Waals surface area contributed by atoms with E-state index in [0.29, 0.717) is 18.2 Å². The molecule has 5 aromatic rings. The van der Waals surface area contributed by atoms with Crippen molar-refractivity contribution in [3.63, 3.8) is 0 Å². The predicted octanol–water partition coefficient (Wildman–Crippen LogP) is 4.50.